The van der Waals surface area contributed by atoms with Crippen LogP contribution in [-0.4, -0.2) is 134 Å². The average Bonchev–Trinajstić information content (AvgIpc) is 3.54. The van der Waals surface area contributed by atoms with Crippen molar-refractivity contribution in [3.8, 4) is 0 Å². The fraction of sp³-hybridized carbons (Fsp3) is 0.882. The molecule has 7 rings (SSSR count). The van der Waals surface area contributed by atoms with E-state index in [1.165, 1.54) is 6.08 Å². The quantitative estimate of drug-likeness (QED) is 0.104. The number of cyclic esters (lactones) is 1. The number of hydrogen-bond acceptors (Lipinski definition) is 14. The Hall–Kier alpha value is -1.56. The number of rotatable bonds is 6. The van der Waals surface area contributed by atoms with Gasteiger partial charge in [0.25, 0.3) is 0 Å². The molecule has 0 aromatic heterocycles. The normalized spacial score (nSPS) is 55.2. The molecule has 0 radical (unpaired) electrons. The lowest BCUT2D eigenvalue weighted by Crippen LogP contribution is -2.69. The van der Waals surface area contributed by atoms with E-state index in [0.717, 1.165) is 6.29 Å². The summed E-state index contributed by atoms with van der Waals surface area (Å²) in [4.78, 5) is 25.0. The van der Waals surface area contributed by atoms with Crippen molar-refractivity contribution in [3.05, 3.63) is 11.6 Å². The van der Waals surface area contributed by atoms with Crippen LogP contribution in [0, 0.1) is 28.6 Å². The molecule has 4 aliphatic carbocycles. The van der Waals surface area contributed by atoms with E-state index in [1.807, 2.05) is 6.92 Å². The lowest BCUT2D eigenvalue weighted by Gasteiger charge is -2.65. The molecule has 14 nitrogen and oxygen atoms in total. The Kier molecular flexibility index (Phi) is 8.93. The molecule has 2 saturated heterocycles. The van der Waals surface area contributed by atoms with Gasteiger partial charge in [-0.05, 0) is 62.9 Å². The molecule has 0 aromatic carbocycles. The molecule has 6 fully saturated rings. The largest absolute Gasteiger partial charge is 0.458 e. The topological polar surface area (TPSA) is 222 Å². The molecule has 0 aromatic rings. The highest BCUT2D eigenvalue weighted by molar-refractivity contribution is 5.85. The van der Waals surface area contributed by atoms with Gasteiger partial charge in [0.1, 0.15) is 37.3 Å². The number of aliphatic hydroxyl groups excluding tert-OH is 5. The van der Waals surface area contributed by atoms with E-state index in [0.29, 0.717) is 37.7 Å². The molecule has 3 heterocycles. The summed E-state index contributed by atoms with van der Waals surface area (Å²) in [5, 5.41) is 76.9. The summed E-state index contributed by atoms with van der Waals surface area (Å²) in [6, 6.07) is 0. The van der Waals surface area contributed by atoms with Gasteiger partial charge in [0.2, 0.25) is 0 Å². The van der Waals surface area contributed by atoms with Gasteiger partial charge in [0.15, 0.2) is 12.6 Å². The van der Waals surface area contributed by atoms with Crippen molar-refractivity contribution in [3.63, 3.8) is 0 Å². The van der Waals surface area contributed by atoms with Crippen LogP contribution in [0.1, 0.15) is 71.6 Å². The number of carbonyl (C=O) groups excluding carboxylic acids is 2. The predicted octanol–water partition coefficient (Wildman–Crippen LogP) is -0.787. The summed E-state index contributed by atoms with van der Waals surface area (Å²) in [5.41, 5.74) is -3.83. The molecule has 14 heteroatoms. The lowest BCUT2D eigenvalue weighted by atomic mass is 9.41. The van der Waals surface area contributed by atoms with E-state index in [1.54, 1.807) is 6.92 Å². The van der Waals surface area contributed by atoms with Crippen LogP contribution in [0.25, 0.3) is 0 Å². The molecule has 17 atom stereocenters. The fourth-order valence-electron chi connectivity index (χ4n) is 11.1. The van der Waals surface area contributed by atoms with Gasteiger partial charge in [-0.15, -0.1) is 0 Å². The lowest BCUT2D eigenvalue weighted by molar-refractivity contribution is -0.331. The van der Waals surface area contributed by atoms with Crippen molar-refractivity contribution in [2.24, 2.45) is 28.6 Å². The molecular weight excluding hydrogens is 632 g/mol. The first-order valence-corrected chi connectivity index (χ1v) is 17.4. The first-order valence-electron chi connectivity index (χ1n) is 17.4. The maximum absolute atomic E-state index is 13.1. The second-order valence-electron chi connectivity index (χ2n) is 15.8. The third kappa shape index (κ3) is 5.16. The first-order chi connectivity index (χ1) is 22.7. The fourth-order valence-corrected chi connectivity index (χ4v) is 11.1. The van der Waals surface area contributed by atoms with Crippen LogP contribution in [0.2, 0.25) is 0 Å². The number of aliphatic hydroxyl groups is 7. The van der Waals surface area contributed by atoms with Crippen molar-refractivity contribution in [2.45, 2.75) is 144 Å². The highest BCUT2D eigenvalue weighted by Crippen LogP contribution is 2.70. The molecule has 3 aliphatic heterocycles. The molecular formula is C34H50O14. The van der Waals surface area contributed by atoms with E-state index in [-0.39, 0.29) is 50.7 Å². The molecule has 2 unspecified atom stereocenters. The number of carbonyl (C=O) groups is 2. The number of fused-ring (bicyclic) bond motifs is 5. The molecule has 0 spiro atoms. The van der Waals surface area contributed by atoms with E-state index in [9.17, 15) is 45.3 Å². The minimum absolute atomic E-state index is 0.0314. The Morgan fingerprint density at radius 1 is 0.917 bits per heavy atom. The van der Waals surface area contributed by atoms with Gasteiger partial charge < -0.3 is 64.2 Å². The zero-order chi connectivity index (χ0) is 34.4. The summed E-state index contributed by atoms with van der Waals surface area (Å²) in [7, 11) is 0. The van der Waals surface area contributed by atoms with Crippen LogP contribution in [-0.2, 0) is 33.3 Å². The SMILES string of the molecule is C[C@H]1O[C@@H](O[C@H]2CC[C@]3(C=O)[C@H]4CC[C@]5(C)[C@@H](C6=CC(=O)OC6)C(O)C[C@]5(O)[C@@H]4CCC3(O)C2)C[C@H](O)[C@@H]1O[C@@H]1OC[C@@H](O)[C@H](O)[C@H]1O. The van der Waals surface area contributed by atoms with Crippen LogP contribution in [0.3, 0.4) is 0 Å². The second kappa shape index (κ2) is 12.3. The minimum Gasteiger partial charge on any atom is -0.458 e. The Bertz CT molecular complexity index is 1280. The van der Waals surface area contributed by atoms with Crippen molar-refractivity contribution < 1.29 is 69.0 Å². The van der Waals surface area contributed by atoms with Crippen molar-refractivity contribution in [1.82, 2.24) is 0 Å². The Balaban J connectivity index is 1.02. The summed E-state index contributed by atoms with van der Waals surface area (Å²) in [6.07, 6.45) is -5.07. The van der Waals surface area contributed by atoms with Gasteiger partial charge in [-0.25, -0.2) is 4.79 Å². The third-order valence-corrected chi connectivity index (χ3v) is 13.5. The summed E-state index contributed by atoms with van der Waals surface area (Å²) in [5.74, 6) is -1.52. The first kappa shape index (κ1) is 34.9. The predicted molar refractivity (Wildman–Crippen MR) is 161 cm³/mol. The number of aldehydes is 1. The summed E-state index contributed by atoms with van der Waals surface area (Å²) >= 11 is 0. The van der Waals surface area contributed by atoms with Gasteiger partial charge in [-0.3, -0.25) is 0 Å². The van der Waals surface area contributed by atoms with Crippen LogP contribution >= 0.6 is 0 Å². The van der Waals surface area contributed by atoms with Crippen LogP contribution in [0.15, 0.2) is 11.6 Å². The van der Waals surface area contributed by atoms with Gasteiger partial charge >= 0.3 is 5.97 Å². The van der Waals surface area contributed by atoms with Crippen molar-refractivity contribution in [2.75, 3.05) is 13.2 Å². The highest BCUT2D eigenvalue weighted by atomic mass is 16.7. The minimum atomic E-state index is -1.51. The monoisotopic (exact) mass is 682 g/mol. The number of hydrogen-bond donors (Lipinski definition) is 7. The molecule has 48 heavy (non-hydrogen) atoms. The van der Waals surface area contributed by atoms with Gasteiger partial charge in [0.05, 0.1) is 47.6 Å². The van der Waals surface area contributed by atoms with Crippen LogP contribution in [0.5, 0.6) is 0 Å². The van der Waals surface area contributed by atoms with Gasteiger partial charge in [-0.2, -0.15) is 0 Å². The highest BCUT2D eigenvalue weighted by Gasteiger charge is 2.73. The average molecular weight is 683 g/mol. The van der Waals surface area contributed by atoms with Gasteiger partial charge in [0, 0.05) is 36.7 Å². The zero-order valence-corrected chi connectivity index (χ0v) is 27.4. The molecule has 0 bridgehead atoms. The smallest absolute Gasteiger partial charge is 0.331 e. The van der Waals surface area contributed by atoms with E-state index in [2.05, 4.69) is 0 Å². The molecule has 7 N–H and O–H groups in total. The molecule has 270 valence electrons. The third-order valence-electron chi connectivity index (χ3n) is 13.5. The van der Waals surface area contributed by atoms with Crippen LogP contribution in [0.4, 0.5) is 0 Å². The number of ether oxygens (including phenoxy) is 5. The Morgan fingerprint density at radius 2 is 1.67 bits per heavy atom. The molecule has 0 amide bonds. The zero-order valence-electron chi connectivity index (χ0n) is 27.4. The summed E-state index contributed by atoms with van der Waals surface area (Å²) in [6.45, 7) is 3.51. The van der Waals surface area contributed by atoms with Crippen molar-refractivity contribution >= 4 is 12.3 Å². The number of esters is 1. The molecule has 7 aliphatic rings. The molecule has 4 saturated carbocycles. The van der Waals surface area contributed by atoms with Crippen molar-refractivity contribution in [1.29, 1.82) is 0 Å². The maximum atomic E-state index is 13.1. The van der Waals surface area contributed by atoms with Crippen LogP contribution < -0.4 is 0 Å². The summed E-state index contributed by atoms with van der Waals surface area (Å²) < 4.78 is 28.6. The second-order valence-corrected chi connectivity index (χ2v) is 15.8. The standard InChI is InChI=1S/C34H50O14/c1-16-29(48-30-28(41)27(40)23(38)14-45-30)21(36)10-25(46-16)47-18-3-7-32(15-35)19-4-6-31(2)26(17-9-24(39)44-13-17)22(37)12-34(31,43)20(19)5-8-33(32,42)11-18/h9,15-16,18-23,25-30,36-38,40-43H,3-8,10-14H2,1-2H3/t16-,18+,19+,20-,21+,22?,23-,25+,26+,27+,28-,29-,30+,31-,32+,33?,34+/m1/s1. The maximum Gasteiger partial charge on any atom is 0.331 e. The Morgan fingerprint density at radius 3 is 2.35 bits per heavy atom. The van der Waals surface area contributed by atoms with E-state index >= 15 is 0 Å². The van der Waals surface area contributed by atoms with E-state index < -0.39 is 95.3 Å². The van der Waals surface area contributed by atoms with Gasteiger partial charge in [-0.1, -0.05) is 6.92 Å². The van der Waals surface area contributed by atoms with E-state index in [4.69, 9.17) is 23.7 Å². The Labute approximate surface area is 279 Å².